The molecular formula is C26H22ClNO4S2. The average Bonchev–Trinajstić information content (AvgIpc) is 3.11. The molecule has 8 heteroatoms. The van der Waals surface area contributed by atoms with E-state index in [1.54, 1.807) is 30.2 Å². The summed E-state index contributed by atoms with van der Waals surface area (Å²) in [7, 11) is 1.54. The van der Waals surface area contributed by atoms with Crippen LogP contribution in [-0.4, -0.2) is 35.5 Å². The summed E-state index contributed by atoms with van der Waals surface area (Å²) < 4.78 is 17.5. The fraction of sp³-hybridized carbons (Fsp3) is 0.154. The van der Waals surface area contributed by atoms with E-state index in [4.69, 9.17) is 38.0 Å². The normalized spacial score (nSPS) is 14.5. The van der Waals surface area contributed by atoms with Crippen LogP contribution in [0.4, 0.5) is 0 Å². The summed E-state index contributed by atoms with van der Waals surface area (Å²) in [6, 6.07) is 22.8. The average molecular weight is 512 g/mol. The lowest BCUT2D eigenvalue weighted by Crippen LogP contribution is -2.27. The monoisotopic (exact) mass is 511 g/mol. The summed E-state index contributed by atoms with van der Waals surface area (Å²) in [5.74, 6) is 1.53. The number of carbonyl (C=O) groups excluding carboxylic acids is 1. The zero-order valence-corrected chi connectivity index (χ0v) is 20.8. The molecule has 34 heavy (non-hydrogen) atoms. The first-order valence-corrected chi connectivity index (χ1v) is 12.1. The Morgan fingerprint density at radius 2 is 1.68 bits per heavy atom. The number of ether oxygens (including phenoxy) is 3. The first-order valence-electron chi connectivity index (χ1n) is 10.5. The van der Waals surface area contributed by atoms with E-state index in [0.29, 0.717) is 45.5 Å². The Labute approximate surface area is 213 Å². The first-order chi connectivity index (χ1) is 16.5. The van der Waals surface area contributed by atoms with Crippen molar-refractivity contribution < 1.29 is 19.0 Å². The van der Waals surface area contributed by atoms with Crippen molar-refractivity contribution in [3.63, 3.8) is 0 Å². The number of thioether (sulfide) groups is 1. The maximum Gasteiger partial charge on any atom is 0.266 e. The van der Waals surface area contributed by atoms with Gasteiger partial charge in [0.2, 0.25) is 0 Å². The third-order valence-electron chi connectivity index (χ3n) is 4.95. The molecule has 174 valence electrons. The highest BCUT2D eigenvalue weighted by atomic mass is 35.5. The highest BCUT2D eigenvalue weighted by Gasteiger charge is 2.32. The van der Waals surface area contributed by atoms with Gasteiger partial charge in [-0.25, -0.2) is 0 Å². The fourth-order valence-corrected chi connectivity index (χ4v) is 4.87. The van der Waals surface area contributed by atoms with Crippen LogP contribution in [0, 0.1) is 0 Å². The van der Waals surface area contributed by atoms with E-state index in [0.717, 1.165) is 16.9 Å². The first kappa shape index (κ1) is 24.1. The quantitative estimate of drug-likeness (QED) is 0.193. The third-order valence-corrected chi connectivity index (χ3v) is 6.61. The molecular weight excluding hydrogens is 490 g/mol. The maximum absolute atomic E-state index is 13.0. The number of carbonyl (C=O) groups is 1. The molecule has 0 spiro atoms. The minimum atomic E-state index is -0.132. The van der Waals surface area contributed by atoms with Crippen LogP contribution in [0.25, 0.3) is 6.08 Å². The van der Waals surface area contributed by atoms with Crippen LogP contribution in [-0.2, 0) is 11.3 Å². The maximum atomic E-state index is 13.0. The summed E-state index contributed by atoms with van der Waals surface area (Å²) in [5, 5.41) is 0.380. The number of amides is 1. The molecule has 0 aromatic heterocycles. The molecule has 1 aliphatic heterocycles. The van der Waals surface area contributed by atoms with Gasteiger partial charge in [0.25, 0.3) is 5.91 Å². The van der Waals surface area contributed by atoms with Crippen molar-refractivity contribution >= 4 is 51.9 Å². The molecule has 1 aliphatic rings. The molecule has 0 radical (unpaired) electrons. The Balaban J connectivity index is 1.44. The van der Waals surface area contributed by atoms with Gasteiger partial charge in [-0.2, -0.15) is 0 Å². The lowest BCUT2D eigenvalue weighted by molar-refractivity contribution is -0.122. The van der Waals surface area contributed by atoms with Gasteiger partial charge in [-0.1, -0.05) is 84.1 Å². The SMILES string of the molecule is COc1cc(/C=C2\SC(=S)N(Cc3ccccc3)C2=O)cc(Cl)c1OCCOc1ccccc1. The number of halogens is 1. The Kier molecular flexibility index (Phi) is 8.11. The number of para-hydroxylation sites is 1. The number of methoxy groups -OCH3 is 1. The minimum Gasteiger partial charge on any atom is -0.493 e. The minimum absolute atomic E-state index is 0.132. The van der Waals surface area contributed by atoms with Crippen molar-refractivity contribution in [2.24, 2.45) is 0 Å². The lowest BCUT2D eigenvalue weighted by atomic mass is 10.1. The molecule has 0 bridgehead atoms. The van der Waals surface area contributed by atoms with E-state index >= 15 is 0 Å². The molecule has 0 unspecified atom stereocenters. The number of benzene rings is 3. The third kappa shape index (κ3) is 5.91. The van der Waals surface area contributed by atoms with Crippen molar-refractivity contribution in [3.05, 3.63) is 93.9 Å². The van der Waals surface area contributed by atoms with Crippen LogP contribution >= 0.6 is 35.6 Å². The summed E-state index contributed by atoms with van der Waals surface area (Å²) >= 11 is 13.2. The second kappa shape index (κ2) is 11.4. The van der Waals surface area contributed by atoms with Gasteiger partial charge in [0, 0.05) is 0 Å². The predicted octanol–water partition coefficient (Wildman–Crippen LogP) is 6.21. The predicted molar refractivity (Wildman–Crippen MR) is 141 cm³/mol. The van der Waals surface area contributed by atoms with E-state index < -0.39 is 0 Å². The standard InChI is InChI=1S/C26H22ClNO4S2/c1-30-22-15-19(14-21(27)24(22)32-13-12-31-20-10-6-3-7-11-20)16-23-25(29)28(26(33)34-23)17-18-8-4-2-5-9-18/h2-11,14-16H,12-13,17H2,1H3/b23-16-. The van der Waals surface area contributed by atoms with Crippen molar-refractivity contribution in [3.8, 4) is 17.2 Å². The number of hydrogen-bond acceptors (Lipinski definition) is 6. The second-order valence-electron chi connectivity index (χ2n) is 7.30. The Hall–Kier alpha value is -3.00. The van der Waals surface area contributed by atoms with Crippen LogP contribution in [0.5, 0.6) is 17.2 Å². The van der Waals surface area contributed by atoms with Gasteiger partial charge >= 0.3 is 0 Å². The highest BCUT2D eigenvalue weighted by Crippen LogP contribution is 2.39. The second-order valence-corrected chi connectivity index (χ2v) is 9.38. The molecule has 3 aromatic rings. The van der Waals surface area contributed by atoms with Crippen molar-refractivity contribution in [2.45, 2.75) is 6.54 Å². The van der Waals surface area contributed by atoms with Gasteiger partial charge in [-0.3, -0.25) is 9.69 Å². The lowest BCUT2D eigenvalue weighted by Gasteiger charge is -2.14. The molecule has 0 aliphatic carbocycles. The largest absolute Gasteiger partial charge is 0.493 e. The van der Waals surface area contributed by atoms with E-state index in [9.17, 15) is 4.79 Å². The molecule has 0 atom stereocenters. The van der Waals surface area contributed by atoms with Crippen LogP contribution in [0.3, 0.4) is 0 Å². The van der Waals surface area contributed by atoms with Gasteiger partial charge in [0.1, 0.15) is 23.3 Å². The molecule has 1 fully saturated rings. The topological polar surface area (TPSA) is 48.0 Å². The number of rotatable bonds is 9. The van der Waals surface area contributed by atoms with Gasteiger partial charge in [0.15, 0.2) is 11.5 Å². The molecule has 0 N–H and O–H groups in total. The highest BCUT2D eigenvalue weighted by molar-refractivity contribution is 8.26. The van der Waals surface area contributed by atoms with E-state index in [2.05, 4.69) is 0 Å². The van der Waals surface area contributed by atoms with E-state index in [1.165, 1.54) is 11.8 Å². The number of hydrogen-bond donors (Lipinski definition) is 0. The molecule has 1 heterocycles. The van der Waals surface area contributed by atoms with Gasteiger partial charge in [0.05, 0.1) is 23.6 Å². The van der Waals surface area contributed by atoms with E-state index in [1.807, 2.05) is 60.7 Å². The summed E-state index contributed by atoms with van der Waals surface area (Å²) in [4.78, 5) is 15.1. The van der Waals surface area contributed by atoms with Crippen molar-refractivity contribution in [1.29, 1.82) is 0 Å². The fourth-order valence-electron chi connectivity index (χ4n) is 3.34. The van der Waals surface area contributed by atoms with Crippen LogP contribution in [0.1, 0.15) is 11.1 Å². The molecule has 0 saturated carbocycles. The smallest absolute Gasteiger partial charge is 0.266 e. The van der Waals surface area contributed by atoms with Crippen LogP contribution < -0.4 is 14.2 Å². The van der Waals surface area contributed by atoms with Crippen LogP contribution in [0.2, 0.25) is 5.02 Å². The Morgan fingerprint density at radius 1 is 1.00 bits per heavy atom. The van der Waals surface area contributed by atoms with Crippen LogP contribution in [0.15, 0.2) is 77.7 Å². The van der Waals surface area contributed by atoms with Crippen molar-refractivity contribution in [2.75, 3.05) is 20.3 Å². The Bertz CT molecular complexity index is 1200. The summed E-state index contributed by atoms with van der Waals surface area (Å²) in [5.41, 5.74) is 1.73. The van der Waals surface area contributed by atoms with Gasteiger partial charge in [-0.15, -0.1) is 0 Å². The molecule has 5 nitrogen and oxygen atoms in total. The Morgan fingerprint density at radius 3 is 2.38 bits per heavy atom. The molecule has 1 amide bonds. The molecule has 4 rings (SSSR count). The summed E-state index contributed by atoms with van der Waals surface area (Å²) in [6.07, 6.45) is 1.76. The summed E-state index contributed by atoms with van der Waals surface area (Å²) in [6.45, 7) is 1.09. The van der Waals surface area contributed by atoms with Gasteiger partial charge in [-0.05, 0) is 41.5 Å². The van der Waals surface area contributed by atoms with Gasteiger partial charge < -0.3 is 14.2 Å². The molecule has 3 aromatic carbocycles. The van der Waals surface area contributed by atoms with Crippen molar-refractivity contribution in [1.82, 2.24) is 4.90 Å². The zero-order chi connectivity index (χ0) is 23.9. The zero-order valence-electron chi connectivity index (χ0n) is 18.4. The van der Waals surface area contributed by atoms with E-state index in [-0.39, 0.29) is 5.91 Å². The molecule has 1 saturated heterocycles. The number of thiocarbonyl (C=S) groups is 1. The number of nitrogens with zero attached hydrogens (tertiary/aromatic N) is 1.